The van der Waals surface area contributed by atoms with Crippen molar-refractivity contribution >= 4 is 5.78 Å². The van der Waals surface area contributed by atoms with Crippen LogP contribution in [0, 0.1) is 11.6 Å². The van der Waals surface area contributed by atoms with Crippen molar-refractivity contribution < 1.29 is 26.7 Å². The number of rotatable bonds is 8. The molecule has 0 unspecified atom stereocenters. The highest BCUT2D eigenvalue weighted by Gasteiger charge is 2.33. The number of hydrogen-bond acceptors (Lipinski definition) is 3. The number of alkyl halides is 3. The quantitative estimate of drug-likeness (QED) is 0.264. The predicted molar refractivity (Wildman–Crippen MR) is 131 cm³/mol. The molecule has 0 bridgehead atoms. The van der Waals surface area contributed by atoms with Crippen molar-refractivity contribution in [3.63, 3.8) is 0 Å². The Balaban J connectivity index is 1.64. The third kappa shape index (κ3) is 5.90. The van der Waals surface area contributed by atoms with E-state index in [0.29, 0.717) is 11.1 Å². The molecule has 4 rings (SSSR count). The lowest BCUT2D eigenvalue weighted by Gasteiger charge is -2.25. The molecule has 0 atom stereocenters. The van der Waals surface area contributed by atoms with Crippen molar-refractivity contribution in [1.29, 1.82) is 0 Å². The van der Waals surface area contributed by atoms with Gasteiger partial charge >= 0.3 is 11.9 Å². The maximum Gasteiger partial charge on any atom is 0.416 e. The topological polar surface area (TPSA) is 56.9 Å². The summed E-state index contributed by atoms with van der Waals surface area (Å²) < 4.78 is 69.5. The number of halogens is 5. The van der Waals surface area contributed by atoms with E-state index in [0.717, 1.165) is 16.8 Å². The van der Waals surface area contributed by atoms with Gasteiger partial charge in [-0.05, 0) is 47.4 Å². The van der Waals surface area contributed by atoms with Crippen molar-refractivity contribution in [2.24, 2.45) is 0 Å². The maximum atomic E-state index is 14.3. The van der Waals surface area contributed by atoms with Crippen molar-refractivity contribution in [2.45, 2.75) is 44.9 Å². The molecule has 0 saturated carbocycles. The van der Waals surface area contributed by atoms with Crippen LogP contribution in [0.5, 0.6) is 0 Å². The van der Waals surface area contributed by atoms with E-state index >= 15 is 0 Å². The Hall–Kier alpha value is -4.08. The zero-order valence-electron chi connectivity index (χ0n) is 20.6. The lowest BCUT2D eigenvalue weighted by atomic mass is 9.79. The third-order valence-electron chi connectivity index (χ3n) is 6.25. The summed E-state index contributed by atoms with van der Waals surface area (Å²) in [4.78, 5) is 26.3. The molecule has 0 fully saturated rings. The summed E-state index contributed by atoms with van der Waals surface area (Å²) in [6, 6.07) is 15.9. The predicted octanol–water partition coefficient (Wildman–Crippen LogP) is 5.99. The van der Waals surface area contributed by atoms with Crippen molar-refractivity contribution in [3.05, 3.63) is 112 Å². The number of nitrogens with zero attached hydrogens (tertiary/aromatic N) is 3. The van der Waals surface area contributed by atoms with E-state index in [1.165, 1.54) is 59.2 Å². The number of ketones is 1. The van der Waals surface area contributed by atoms with E-state index < -0.39 is 46.8 Å². The summed E-state index contributed by atoms with van der Waals surface area (Å²) >= 11 is 0. The molecule has 0 aliphatic heterocycles. The number of carbonyl (C=O) groups is 1. The van der Waals surface area contributed by atoms with Crippen LogP contribution >= 0.6 is 0 Å². The normalized spacial score (nSPS) is 12.1. The van der Waals surface area contributed by atoms with Gasteiger partial charge in [-0.15, -0.1) is 5.10 Å². The molecule has 0 amide bonds. The van der Waals surface area contributed by atoms with Gasteiger partial charge in [0, 0.05) is 17.5 Å². The van der Waals surface area contributed by atoms with Crippen LogP contribution in [0.25, 0.3) is 11.4 Å². The largest absolute Gasteiger partial charge is 0.416 e. The van der Waals surface area contributed by atoms with Gasteiger partial charge in [0.05, 0.1) is 12.1 Å². The first-order valence-electron chi connectivity index (χ1n) is 11.7. The molecule has 4 aromatic rings. The van der Waals surface area contributed by atoms with Crippen LogP contribution in [-0.4, -0.2) is 20.1 Å². The fourth-order valence-electron chi connectivity index (χ4n) is 4.23. The molecule has 0 spiro atoms. The zero-order chi connectivity index (χ0) is 27.7. The van der Waals surface area contributed by atoms with Gasteiger partial charge in [-0.3, -0.25) is 9.36 Å². The van der Waals surface area contributed by atoms with Crippen molar-refractivity contribution in [1.82, 2.24) is 14.3 Å². The minimum absolute atomic E-state index is 0.114. The molecule has 1 heterocycles. The minimum atomic E-state index is -4.52. The zero-order valence-corrected chi connectivity index (χ0v) is 20.6. The van der Waals surface area contributed by atoms with Gasteiger partial charge < -0.3 is 0 Å². The number of aromatic nitrogens is 3. The van der Waals surface area contributed by atoms with Crippen LogP contribution in [0.3, 0.4) is 0 Å². The first-order valence-corrected chi connectivity index (χ1v) is 11.7. The highest BCUT2D eigenvalue weighted by molar-refractivity contribution is 5.79. The van der Waals surface area contributed by atoms with Crippen LogP contribution in [0.4, 0.5) is 22.0 Å². The Morgan fingerprint density at radius 2 is 1.55 bits per heavy atom. The van der Waals surface area contributed by atoms with Gasteiger partial charge in [-0.1, -0.05) is 50.2 Å². The fraction of sp³-hybridized carbons (Fsp3) is 0.250. The van der Waals surface area contributed by atoms with Gasteiger partial charge in [0.25, 0.3) is 0 Å². The van der Waals surface area contributed by atoms with Crippen LogP contribution in [0.1, 0.15) is 37.0 Å². The number of carbonyl (C=O) groups excluding carboxylic acids is 1. The molecular formula is C28H24F5N3O2. The highest BCUT2D eigenvalue weighted by atomic mass is 19.4. The lowest BCUT2D eigenvalue weighted by Crippen LogP contribution is -2.31. The Labute approximate surface area is 215 Å². The first-order chi connectivity index (χ1) is 17.8. The van der Waals surface area contributed by atoms with Crippen LogP contribution in [0.2, 0.25) is 0 Å². The van der Waals surface area contributed by atoms with Crippen LogP contribution < -0.4 is 5.69 Å². The Bertz CT molecular complexity index is 1520. The molecule has 3 aromatic carbocycles. The Kier molecular flexibility index (Phi) is 7.35. The average molecular weight is 530 g/mol. The summed E-state index contributed by atoms with van der Waals surface area (Å²) in [5, 5.41) is 4.28. The SMILES string of the molecule is CC(C)(CC(=O)Cn1nc(-c2ccc(F)cc2)n(Cc2ccccc2F)c1=O)c1cccc(C(F)(F)F)c1. The van der Waals surface area contributed by atoms with Crippen LogP contribution in [0.15, 0.2) is 77.6 Å². The second kappa shape index (κ2) is 10.4. The molecule has 0 radical (unpaired) electrons. The Morgan fingerprint density at radius 3 is 2.21 bits per heavy atom. The van der Waals surface area contributed by atoms with E-state index in [2.05, 4.69) is 5.10 Å². The fourth-order valence-corrected chi connectivity index (χ4v) is 4.23. The molecule has 198 valence electrons. The van der Waals surface area contributed by atoms with Crippen LogP contribution in [-0.2, 0) is 29.5 Å². The minimum Gasteiger partial charge on any atom is -0.298 e. The van der Waals surface area contributed by atoms with Gasteiger partial charge in [-0.2, -0.15) is 13.2 Å². The lowest BCUT2D eigenvalue weighted by molar-refractivity contribution is -0.137. The highest BCUT2D eigenvalue weighted by Crippen LogP contribution is 2.34. The summed E-state index contributed by atoms with van der Waals surface area (Å²) in [5.41, 5.74) is -1.53. The van der Waals surface area contributed by atoms with E-state index in [4.69, 9.17) is 0 Å². The summed E-state index contributed by atoms with van der Waals surface area (Å²) in [7, 11) is 0. The van der Waals surface area contributed by atoms with Crippen molar-refractivity contribution in [2.75, 3.05) is 0 Å². The molecule has 1 aromatic heterocycles. The summed E-state index contributed by atoms with van der Waals surface area (Å²) in [5.74, 6) is -1.35. The monoisotopic (exact) mass is 529 g/mol. The second-order valence-electron chi connectivity index (χ2n) is 9.63. The van der Waals surface area contributed by atoms with Crippen molar-refractivity contribution in [3.8, 4) is 11.4 Å². The molecule has 10 heteroatoms. The van der Waals surface area contributed by atoms with Gasteiger partial charge in [0.2, 0.25) is 0 Å². The van der Waals surface area contributed by atoms with E-state index in [9.17, 15) is 31.5 Å². The van der Waals surface area contributed by atoms with E-state index in [-0.39, 0.29) is 24.4 Å². The van der Waals surface area contributed by atoms with Gasteiger partial charge in [0.1, 0.15) is 18.2 Å². The average Bonchev–Trinajstić information content (AvgIpc) is 3.15. The smallest absolute Gasteiger partial charge is 0.298 e. The standard InChI is InChI=1S/C28H24F5N3O2/c1-27(2,20-7-5-8-21(14-20)28(31,32)33)15-23(37)17-36-26(38)35(16-19-6-3-4-9-24(19)30)25(34-36)18-10-12-22(29)13-11-18/h3-14H,15-17H2,1-2H3. The Morgan fingerprint density at radius 1 is 0.895 bits per heavy atom. The second-order valence-corrected chi connectivity index (χ2v) is 9.63. The summed E-state index contributed by atoms with van der Waals surface area (Å²) in [6.45, 7) is 2.66. The molecule has 0 aliphatic rings. The van der Waals surface area contributed by atoms with Gasteiger partial charge in [0.15, 0.2) is 11.6 Å². The molecule has 5 nitrogen and oxygen atoms in total. The van der Waals surface area contributed by atoms with E-state index in [1.54, 1.807) is 19.9 Å². The molecular weight excluding hydrogens is 505 g/mol. The third-order valence-corrected chi connectivity index (χ3v) is 6.25. The molecule has 0 saturated heterocycles. The van der Waals surface area contributed by atoms with Gasteiger partial charge in [-0.25, -0.2) is 18.3 Å². The summed E-state index contributed by atoms with van der Waals surface area (Å²) in [6.07, 6.45) is -4.68. The molecule has 38 heavy (non-hydrogen) atoms. The number of hydrogen-bond donors (Lipinski definition) is 0. The first kappa shape index (κ1) is 27.0. The van der Waals surface area contributed by atoms with E-state index in [1.807, 2.05) is 0 Å². The molecule has 0 N–H and O–H groups in total. The molecule has 0 aliphatic carbocycles. The maximum absolute atomic E-state index is 14.3. The number of benzene rings is 3. The number of Topliss-reactive ketones (excluding diaryl/α,β-unsaturated/α-hetero) is 1.